The molecule has 0 aromatic carbocycles. The number of aryl methyl sites for hydroxylation is 2. The molecular weight excluding hydrogens is 254 g/mol. The third-order valence-corrected chi connectivity index (χ3v) is 0.890. The molecule has 1 rings (SSSR count). The van der Waals surface area contributed by atoms with Crippen LogP contribution in [0.3, 0.4) is 0 Å². The standard InChI is InChI=1S/C6H8N.3C2H6O.Ti/c1-5-3-4-6(2)7-5;3*1-2-3;/h3,7H,1-2H3;3*3H,2H2,1H3;/q-1;;;;. The van der Waals surface area contributed by atoms with Gasteiger partial charge in [-0.2, -0.15) is 0 Å². The van der Waals surface area contributed by atoms with E-state index in [-0.39, 0.29) is 41.5 Å². The van der Waals surface area contributed by atoms with Crippen LogP contribution in [0.2, 0.25) is 0 Å². The number of aromatic nitrogens is 1. The molecule has 0 saturated carbocycles. The quantitative estimate of drug-likeness (QED) is 0.429. The maximum absolute atomic E-state index is 7.57. The Kier molecular flexibility index (Phi) is 37.6. The zero-order chi connectivity index (χ0) is 13.4. The summed E-state index contributed by atoms with van der Waals surface area (Å²) in [6, 6.07) is 4.95. The fourth-order valence-electron chi connectivity index (χ4n) is 0.584. The van der Waals surface area contributed by atoms with Crippen LogP contribution in [0.25, 0.3) is 0 Å². The van der Waals surface area contributed by atoms with Crippen LogP contribution in [0.5, 0.6) is 0 Å². The Hall–Kier alpha value is -0.126. The van der Waals surface area contributed by atoms with E-state index in [0.717, 1.165) is 5.69 Å². The summed E-state index contributed by atoms with van der Waals surface area (Å²) in [4.78, 5) is 3.08. The molecule has 1 heterocycles. The number of aromatic amines is 1. The molecule has 0 aliphatic heterocycles. The number of rotatable bonds is 0. The van der Waals surface area contributed by atoms with Gasteiger partial charge in [0.15, 0.2) is 0 Å². The number of aliphatic hydroxyl groups is 3. The van der Waals surface area contributed by atoms with E-state index in [0.29, 0.717) is 0 Å². The molecule has 17 heavy (non-hydrogen) atoms. The number of aliphatic hydroxyl groups excluding tert-OH is 3. The predicted molar refractivity (Wildman–Crippen MR) is 67.4 cm³/mol. The van der Waals surface area contributed by atoms with E-state index in [1.165, 1.54) is 5.69 Å². The first-order valence-corrected chi connectivity index (χ1v) is 5.40. The van der Waals surface area contributed by atoms with Crippen molar-refractivity contribution >= 4 is 0 Å². The van der Waals surface area contributed by atoms with Crippen molar-refractivity contribution in [1.29, 1.82) is 0 Å². The van der Waals surface area contributed by atoms with Crippen LogP contribution in [0.15, 0.2) is 6.07 Å². The van der Waals surface area contributed by atoms with Gasteiger partial charge in [-0.05, 0) is 27.7 Å². The SMILES string of the molecule is CCO.CCO.CCO.Cc1[c-]cc(C)[nH]1.[Ti]. The van der Waals surface area contributed by atoms with Crippen molar-refractivity contribution < 1.29 is 37.0 Å². The molecule has 0 amide bonds. The predicted octanol–water partition coefficient (Wildman–Crippen LogP) is 1.43. The Morgan fingerprint density at radius 3 is 1.35 bits per heavy atom. The molecule has 5 heteroatoms. The van der Waals surface area contributed by atoms with Crippen LogP contribution in [0.4, 0.5) is 0 Å². The Balaban J connectivity index is -0.0000000734. The molecule has 4 nitrogen and oxygen atoms in total. The smallest absolute Gasteiger partial charge is 0.0402 e. The fourth-order valence-corrected chi connectivity index (χ4v) is 0.584. The summed E-state index contributed by atoms with van der Waals surface area (Å²) in [6.45, 7) is 9.80. The van der Waals surface area contributed by atoms with Crippen molar-refractivity contribution in [2.45, 2.75) is 34.6 Å². The van der Waals surface area contributed by atoms with Gasteiger partial charge >= 0.3 is 0 Å². The fraction of sp³-hybridized carbons (Fsp3) is 0.667. The van der Waals surface area contributed by atoms with Crippen LogP contribution >= 0.6 is 0 Å². The van der Waals surface area contributed by atoms with Gasteiger partial charge in [-0.1, -0.05) is 12.6 Å². The van der Waals surface area contributed by atoms with Gasteiger partial charge in [-0.25, -0.2) is 12.1 Å². The second-order valence-electron chi connectivity index (χ2n) is 2.67. The first kappa shape index (κ1) is 25.7. The van der Waals surface area contributed by atoms with Crippen LogP contribution in [0.1, 0.15) is 32.2 Å². The topological polar surface area (TPSA) is 76.5 Å². The largest absolute Gasteiger partial charge is 0.456 e. The number of H-pyrrole nitrogens is 1. The molecule has 0 unspecified atom stereocenters. The Bertz CT molecular complexity index is 184. The maximum Gasteiger partial charge on any atom is 0.0402 e. The zero-order valence-electron chi connectivity index (χ0n) is 11.5. The average Bonchev–Trinajstić information content (AvgIpc) is 2.54. The van der Waals surface area contributed by atoms with Crippen LogP contribution in [0, 0.1) is 19.9 Å². The molecular formula is C12H26NO3Ti-. The molecule has 1 aromatic heterocycles. The molecule has 102 valence electrons. The summed E-state index contributed by atoms with van der Waals surface area (Å²) < 4.78 is 0. The van der Waals surface area contributed by atoms with Crippen LogP contribution in [-0.4, -0.2) is 40.1 Å². The molecule has 0 fully saturated rings. The van der Waals surface area contributed by atoms with Gasteiger partial charge in [-0.15, -0.1) is 5.69 Å². The van der Waals surface area contributed by atoms with Gasteiger partial charge < -0.3 is 20.3 Å². The average molecular weight is 280 g/mol. The first-order chi connectivity index (χ1) is 7.53. The Morgan fingerprint density at radius 1 is 1.00 bits per heavy atom. The third kappa shape index (κ3) is 38.8. The van der Waals surface area contributed by atoms with Crippen molar-refractivity contribution in [3.63, 3.8) is 0 Å². The molecule has 0 spiro atoms. The molecule has 4 N–H and O–H groups in total. The monoisotopic (exact) mass is 280 g/mol. The number of hydrogen-bond donors (Lipinski definition) is 4. The van der Waals surface area contributed by atoms with Gasteiger partial charge in [0, 0.05) is 41.5 Å². The summed E-state index contributed by atoms with van der Waals surface area (Å²) in [5.74, 6) is 0. The van der Waals surface area contributed by atoms with Crippen molar-refractivity contribution in [1.82, 2.24) is 4.98 Å². The van der Waals surface area contributed by atoms with E-state index in [1.54, 1.807) is 20.8 Å². The van der Waals surface area contributed by atoms with Crippen LogP contribution in [-0.2, 0) is 21.7 Å². The summed E-state index contributed by atoms with van der Waals surface area (Å²) >= 11 is 0. The second-order valence-corrected chi connectivity index (χ2v) is 2.67. The molecule has 0 atom stereocenters. The number of hydrogen-bond acceptors (Lipinski definition) is 3. The molecule has 0 aliphatic rings. The van der Waals surface area contributed by atoms with E-state index in [4.69, 9.17) is 15.3 Å². The van der Waals surface area contributed by atoms with Gasteiger partial charge in [0.1, 0.15) is 0 Å². The summed E-state index contributed by atoms with van der Waals surface area (Å²) in [7, 11) is 0. The van der Waals surface area contributed by atoms with Gasteiger partial charge in [-0.3, -0.25) is 0 Å². The number of nitrogens with one attached hydrogen (secondary N) is 1. The van der Waals surface area contributed by atoms with E-state index >= 15 is 0 Å². The van der Waals surface area contributed by atoms with Crippen molar-refractivity contribution in [2.75, 3.05) is 19.8 Å². The van der Waals surface area contributed by atoms with Gasteiger partial charge in [0.2, 0.25) is 0 Å². The molecule has 0 aliphatic carbocycles. The normalized spacial score (nSPS) is 7.06. The van der Waals surface area contributed by atoms with Gasteiger partial charge in [0.25, 0.3) is 0 Å². The van der Waals surface area contributed by atoms with Crippen LogP contribution < -0.4 is 0 Å². The minimum atomic E-state index is 0. The second kappa shape index (κ2) is 24.9. The first-order valence-electron chi connectivity index (χ1n) is 5.40. The summed E-state index contributed by atoms with van der Waals surface area (Å²) in [6.07, 6.45) is 0. The van der Waals surface area contributed by atoms with Crippen molar-refractivity contribution in [3.8, 4) is 0 Å². The minimum Gasteiger partial charge on any atom is -0.456 e. The van der Waals surface area contributed by atoms with E-state index in [1.807, 2.05) is 19.9 Å². The summed E-state index contributed by atoms with van der Waals surface area (Å²) in [5, 5.41) is 22.7. The molecule has 1 aromatic rings. The zero-order valence-corrected chi connectivity index (χ0v) is 13.1. The van der Waals surface area contributed by atoms with E-state index in [9.17, 15) is 0 Å². The third-order valence-electron chi connectivity index (χ3n) is 0.890. The van der Waals surface area contributed by atoms with E-state index in [2.05, 4.69) is 11.1 Å². The molecule has 0 radical (unpaired) electrons. The minimum absolute atomic E-state index is 0. The van der Waals surface area contributed by atoms with Gasteiger partial charge in [0.05, 0.1) is 0 Å². The Morgan fingerprint density at radius 2 is 1.29 bits per heavy atom. The molecule has 0 saturated heterocycles. The molecule has 0 bridgehead atoms. The Labute approximate surface area is 120 Å². The van der Waals surface area contributed by atoms with Crippen molar-refractivity contribution in [3.05, 3.63) is 23.5 Å². The maximum atomic E-state index is 7.57. The van der Waals surface area contributed by atoms with Crippen molar-refractivity contribution in [2.24, 2.45) is 0 Å². The van der Waals surface area contributed by atoms with E-state index < -0.39 is 0 Å². The summed E-state index contributed by atoms with van der Waals surface area (Å²) in [5.41, 5.74) is 2.29.